The van der Waals surface area contributed by atoms with Crippen LogP contribution in [0.2, 0.25) is 0 Å². The van der Waals surface area contributed by atoms with Crippen molar-refractivity contribution in [3.8, 4) is 11.5 Å². The highest BCUT2D eigenvalue weighted by Gasteiger charge is 2.13. The average Bonchev–Trinajstić information content (AvgIpc) is 2.81. The number of aryl methyl sites for hydroxylation is 2. The summed E-state index contributed by atoms with van der Waals surface area (Å²) in [6.07, 6.45) is 3.10. The number of carbonyl (C=O) groups excluding carboxylic acids is 3. The molecular weight excluding hydrogens is 436 g/mol. The Balaban J connectivity index is 1.96. The van der Waals surface area contributed by atoms with Gasteiger partial charge in [0.1, 0.15) is 0 Å². The van der Waals surface area contributed by atoms with Crippen LogP contribution in [-0.2, 0) is 14.4 Å². The Morgan fingerprint density at radius 2 is 1.71 bits per heavy atom. The van der Waals surface area contributed by atoms with Crippen molar-refractivity contribution in [2.45, 2.75) is 40.5 Å². The van der Waals surface area contributed by atoms with E-state index < -0.39 is 11.8 Å². The first-order chi connectivity index (χ1) is 16.3. The Labute approximate surface area is 199 Å². The highest BCUT2D eigenvalue weighted by molar-refractivity contribution is 6.35. The maximum atomic E-state index is 12.4. The molecule has 34 heavy (non-hydrogen) atoms. The molecule has 0 aliphatic rings. The Hall–Kier alpha value is -3.88. The Kier molecular flexibility index (Phi) is 10.6. The Morgan fingerprint density at radius 3 is 2.38 bits per heavy atom. The molecule has 0 aliphatic heterocycles. The van der Waals surface area contributed by atoms with Crippen molar-refractivity contribution < 1.29 is 23.9 Å². The van der Waals surface area contributed by atoms with Crippen molar-refractivity contribution >= 4 is 29.6 Å². The monoisotopic (exact) mass is 468 g/mol. The molecule has 0 aliphatic carbocycles. The van der Waals surface area contributed by atoms with Gasteiger partial charge in [-0.2, -0.15) is 5.10 Å². The minimum Gasteiger partial charge on any atom is -0.490 e. The van der Waals surface area contributed by atoms with Crippen LogP contribution in [0.4, 0.5) is 5.69 Å². The number of benzene rings is 2. The number of hydrazone groups is 1. The molecule has 2 aromatic rings. The number of hydrogen-bond donors (Lipinski definition) is 3. The van der Waals surface area contributed by atoms with Crippen LogP contribution in [0.3, 0.4) is 0 Å². The van der Waals surface area contributed by atoms with Crippen LogP contribution in [0.25, 0.3) is 0 Å². The van der Waals surface area contributed by atoms with E-state index in [1.165, 1.54) is 6.21 Å². The number of rotatable bonds is 11. The van der Waals surface area contributed by atoms with Gasteiger partial charge in [-0.15, -0.1) is 0 Å². The SMILES string of the molecule is CCCCNC(=O)C(=O)N/N=C\c1ccc(OCC(=O)Nc2c(C)cccc2C)c(OCC)c1. The third-order valence-electron chi connectivity index (χ3n) is 4.77. The van der Waals surface area contributed by atoms with Gasteiger partial charge in [-0.25, -0.2) is 5.43 Å². The zero-order valence-corrected chi connectivity index (χ0v) is 20.1. The summed E-state index contributed by atoms with van der Waals surface area (Å²) < 4.78 is 11.3. The highest BCUT2D eigenvalue weighted by atomic mass is 16.5. The van der Waals surface area contributed by atoms with Crippen molar-refractivity contribution in [1.82, 2.24) is 10.7 Å². The van der Waals surface area contributed by atoms with Crippen LogP contribution in [0.1, 0.15) is 43.4 Å². The molecule has 2 rings (SSSR count). The molecule has 0 radical (unpaired) electrons. The average molecular weight is 469 g/mol. The number of anilines is 1. The van der Waals surface area contributed by atoms with E-state index in [2.05, 4.69) is 21.2 Å². The van der Waals surface area contributed by atoms with Gasteiger partial charge in [0.25, 0.3) is 5.91 Å². The lowest BCUT2D eigenvalue weighted by Gasteiger charge is -2.14. The Morgan fingerprint density at radius 1 is 0.971 bits per heavy atom. The Bertz CT molecular complexity index is 1020. The van der Waals surface area contributed by atoms with Gasteiger partial charge in [0.15, 0.2) is 18.1 Å². The fourth-order valence-corrected chi connectivity index (χ4v) is 3.00. The number of carbonyl (C=O) groups is 3. The van der Waals surface area contributed by atoms with Gasteiger partial charge >= 0.3 is 11.8 Å². The van der Waals surface area contributed by atoms with E-state index in [0.29, 0.717) is 30.2 Å². The first-order valence-corrected chi connectivity index (χ1v) is 11.2. The number of ether oxygens (including phenoxy) is 2. The van der Waals surface area contributed by atoms with Crippen LogP contribution >= 0.6 is 0 Å². The molecule has 0 aromatic heterocycles. The number of amides is 3. The van der Waals surface area contributed by atoms with Gasteiger partial charge in [-0.1, -0.05) is 31.5 Å². The smallest absolute Gasteiger partial charge is 0.329 e. The van der Waals surface area contributed by atoms with Crippen molar-refractivity contribution in [2.75, 3.05) is 25.1 Å². The number of nitrogens with zero attached hydrogens (tertiary/aromatic N) is 1. The first kappa shape index (κ1) is 26.4. The normalized spacial score (nSPS) is 10.6. The summed E-state index contributed by atoms with van der Waals surface area (Å²) in [4.78, 5) is 35.8. The van der Waals surface area contributed by atoms with Gasteiger partial charge in [-0.3, -0.25) is 14.4 Å². The van der Waals surface area contributed by atoms with E-state index in [-0.39, 0.29) is 12.5 Å². The number of hydrogen-bond acceptors (Lipinski definition) is 6. The van der Waals surface area contributed by atoms with Crippen molar-refractivity contribution in [3.05, 3.63) is 53.1 Å². The molecule has 9 heteroatoms. The number of nitrogens with one attached hydrogen (secondary N) is 3. The lowest BCUT2D eigenvalue weighted by molar-refractivity contribution is -0.139. The van der Waals surface area contributed by atoms with E-state index in [1.54, 1.807) is 18.2 Å². The fraction of sp³-hybridized carbons (Fsp3) is 0.360. The topological polar surface area (TPSA) is 118 Å². The predicted octanol–water partition coefficient (Wildman–Crippen LogP) is 3.09. The van der Waals surface area contributed by atoms with E-state index in [9.17, 15) is 14.4 Å². The van der Waals surface area contributed by atoms with Crippen LogP contribution in [0.15, 0.2) is 41.5 Å². The summed E-state index contributed by atoms with van der Waals surface area (Å²) in [6.45, 7) is 8.32. The third-order valence-corrected chi connectivity index (χ3v) is 4.77. The highest BCUT2D eigenvalue weighted by Crippen LogP contribution is 2.28. The quantitative estimate of drug-likeness (QED) is 0.203. The molecule has 0 saturated heterocycles. The van der Waals surface area contributed by atoms with Crippen LogP contribution in [-0.4, -0.2) is 43.7 Å². The second kappa shape index (κ2) is 13.6. The summed E-state index contributed by atoms with van der Waals surface area (Å²) in [7, 11) is 0. The number of para-hydroxylation sites is 1. The summed E-state index contributed by atoms with van der Waals surface area (Å²) in [6, 6.07) is 10.8. The van der Waals surface area contributed by atoms with Crippen molar-refractivity contribution in [3.63, 3.8) is 0 Å². The maximum Gasteiger partial charge on any atom is 0.329 e. The summed E-state index contributed by atoms with van der Waals surface area (Å²) in [5.74, 6) is -1.04. The van der Waals surface area contributed by atoms with Gasteiger partial charge < -0.3 is 20.1 Å². The molecule has 0 spiro atoms. The second-order valence-electron chi connectivity index (χ2n) is 7.55. The molecule has 0 unspecified atom stereocenters. The summed E-state index contributed by atoms with van der Waals surface area (Å²) in [5.41, 5.74) is 5.51. The largest absolute Gasteiger partial charge is 0.490 e. The van der Waals surface area contributed by atoms with Gasteiger partial charge in [0.2, 0.25) is 0 Å². The second-order valence-corrected chi connectivity index (χ2v) is 7.55. The van der Waals surface area contributed by atoms with E-state index in [0.717, 1.165) is 29.7 Å². The van der Waals surface area contributed by atoms with E-state index in [1.807, 2.05) is 45.9 Å². The lowest BCUT2D eigenvalue weighted by atomic mass is 10.1. The molecule has 182 valence electrons. The predicted molar refractivity (Wildman–Crippen MR) is 131 cm³/mol. The van der Waals surface area contributed by atoms with Crippen LogP contribution in [0.5, 0.6) is 11.5 Å². The summed E-state index contributed by atoms with van der Waals surface area (Å²) in [5, 5.41) is 9.21. The molecule has 9 nitrogen and oxygen atoms in total. The van der Waals surface area contributed by atoms with Gasteiger partial charge in [-0.05, 0) is 62.1 Å². The lowest BCUT2D eigenvalue weighted by Crippen LogP contribution is -2.38. The molecule has 0 heterocycles. The van der Waals surface area contributed by atoms with Gasteiger partial charge in [0.05, 0.1) is 12.8 Å². The van der Waals surface area contributed by atoms with E-state index >= 15 is 0 Å². The minimum atomic E-state index is -0.841. The number of unbranched alkanes of at least 4 members (excludes halogenated alkanes) is 1. The standard InChI is InChI=1S/C25H32N4O5/c1-5-7-13-26-24(31)25(32)29-27-15-19-11-12-20(21(14-19)33-6-2)34-16-22(30)28-23-17(3)9-8-10-18(23)4/h8-12,14-15H,5-7,13,16H2,1-4H3,(H,26,31)(H,28,30)(H,29,32)/b27-15-. The zero-order chi connectivity index (χ0) is 24.9. The van der Waals surface area contributed by atoms with E-state index in [4.69, 9.17) is 9.47 Å². The summed E-state index contributed by atoms with van der Waals surface area (Å²) >= 11 is 0. The molecule has 2 aromatic carbocycles. The fourth-order valence-electron chi connectivity index (χ4n) is 3.00. The molecule has 3 N–H and O–H groups in total. The third kappa shape index (κ3) is 8.23. The molecule has 0 bridgehead atoms. The minimum absolute atomic E-state index is 0.190. The maximum absolute atomic E-state index is 12.4. The van der Waals surface area contributed by atoms with Crippen LogP contribution < -0.4 is 25.5 Å². The zero-order valence-electron chi connectivity index (χ0n) is 20.1. The molecule has 0 fully saturated rings. The molecular formula is C25H32N4O5. The molecule has 0 saturated carbocycles. The van der Waals surface area contributed by atoms with Gasteiger partial charge in [0, 0.05) is 12.2 Å². The first-order valence-electron chi connectivity index (χ1n) is 11.2. The van der Waals surface area contributed by atoms with Crippen molar-refractivity contribution in [1.29, 1.82) is 0 Å². The van der Waals surface area contributed by atoms with Crippen molar-refractivity contribution in [2.24, 2.45) is 5.10 Å². The van der Waals surface area contributed by atoms with Crippen LogP contribution in [0, 0.1) is 13.8 Å². The molecule has 3 amide bonds. The molecule has 0 atom stereocenters.